The highest BCUT2D eigenvalue weighted by atomic mass is 19.1. The number of methoxy groups -OCH3 is 1. The quantitative estimate of drug-likeness (QED) is 0.268. The van der Waals surface area contributed by atoms with Gasteiger partial charge in [-0.05, 0) is 60.2 Å². The lowest BCUT2D eigenvalue weighted by Gasteiger charge is -2.24. The smallest absolute Gasteiger partial charge is 0.343 e. The van der Waals surface area contributed by atoms with Crippen molar-refractivity contribution in [2.75, 3.05) is 13.7 Å². The number of hydrogen-bond acceptors (Lipinski definition) is 7. The maximum Gasteiger partial charge on any atom is 0.343 e. The van der Waals surface area contributed by atoms with Crippen LogP contribution in [0.3, 0.4) is 0 Å². The Morgan fingerprint density at radius 2 is 1.82 bits per heavy atom. The van der Waals surface area contributed by atoms with E-state index in [9.17, 15) is 14.0 Å². The van der Waals surface area contributed by atoms with Crippen molar-refractivity contribution < 1.29 is 32.9 Å². The molecular formula is C24H19FN2O6. The lowest BCUT2D eigenvalue weighted by atomic mass is 10.2. The molecule has 4 rings (SSSR count). The fourth-order valence-electron chi connectivity index (χ4n) is 2.98. The van der Waals surface area contributed by atoms with Gasteiger partial charge in [0.05, 0.1) is 18.9 Å². The molecule has 1 amide bonds. The van der Waals surface area contributed by atoms with Gasteiger partial charge in [0.1, 0.15) is 12.4 Å². The van der Waals surface area contributed by atoms with Gasteiger partial charge in [-0.3, -0.25) is 4.79 Å². The number of nitrogens with one attached hydrogen (secondary N) is 1. The Morgan fingerprint density at radius 3 is 2.58 bits per heavy atom. The average molecular weight is 450 g/mol. The molecule has 8 nitrogen and oxygen atoms in total. The van der Waals surface area contributed by atoms with Crippen molar-refractivity contribution >= 4 is 18.1 Å². The van der Waals surface area contributed by atoms with Crippen LogP contribution >= 0.6 is 0 Å². The van der Waals surface area contributed by atoms with E-state index in [1.165, 1.54) is 43.7 Å². The number of amides is 1. The molecule has 9 heteroatoms. The summed E-state index contributed by atoms with van der Waals surface area (Å²) in [7, 11) is 1.42. The molecule has 0 bridgehead atoms. The largest absolute Gasteiger partial charge is 0.493 e. The molecule has 1 aliphatic rings. The van der Waals surface area contributed by atoms with Crippen LogP contribution in [0.1, 0.15) is 15.9 Å². The second kappa shape index (κ2) is 9.82. The molecule has 33 heavy (non-hydrogen) atoms. The number of benzene rings is 3. The molecular weight excluding hydrogens is 431 g/mol. The Bertz CT molecular complexity index is 1200. The second-order valence-corrected chi connectivity index (χ2v) is 6.91. The Kier molecular flexibility index (Phi) is 6.49. The van der Waals surface area contributed by atoms with Gasteiger partial charge in [0.15, 0.2) is 23.0 Å². The Balaban J connectivity index is 1.37. The summed E-state index contributed by atoms with van der Waals surface area (Å²) in [6.07, 6.45) is 0.573. The first-order chi connectivity index (χ1) is 16.0. The maximum absolute atomic E-state index is 13.0. The first-order valence-corrected chi connectivity index (χ1v) is 9.90. The van der Waals surface area contributed by atoms with E-state index in [4.69, 9.17) is 18.9 Å². The van der Waals surface area contributed by atoms with E-state index < -0.39 is 23.8 Å². The highest BCUT2D eigenvalue weighted by molar-refractivity contribution is 5.91. The number of carbonyl (C=O) groups excluding carboxylic acids is 2. The molecule has 0 saturated heterocycles. The molecule has 0 fully saturated rings. The van der Waals surface area contributed by atoms with Gasteiger partial charge in [-0.15, -0.1) is 0 Å². The highest BCUT2D eigenvalue weighted by Crippen LogP contribution is 2.31. The van der Waals surface area contributed by atoms with Gasteiger partial charge >= 0.3 is 5.97 Å². The number of fused-ring (bicyclic) bond motifs is 1. The standard InChI is InChI=1S/C24H19FN2O6/c1-30-21-12-15(6-11-20(21)33-24(29)16-7-9-17(25)10-8-16)13-26-27-23(28)22-14-31-18-4-2-3-5-19(18)32-22/h2-13,22H,14H2,1H3,(H,27,28)/b26-13-/t22-/m1/s1. The number of hydrazone groups is 1. The van der Waals surface area contributed by atoms with E-state index in [0.29, 0.717) is 17.1 Å². The van der Waals surface area contributed by atoms with Crippen LogP contribution in [0.25, 0.3) is 0 Å². The number of para-hydroxylation sites is 2. The predicted molar refractivity (Wildman–Crippen MR) is 116 cm³/mol. The topological polar surface area (TPSA) is 95.5 Å². The van der Waals surface area contributed by atoms with Crippen molar-refractivity contribution in [1.29, 1.82) is 0 Å². The van der Waals surface area contributed by atoms with Gasteiger partial charge in [-0.25, -0.2) is 14.6 Å². The van der Waals surface area contributed by atoms with Gasteiger partial charge in [-0.1, -0.05) is 12.1 Å². The zero-order chi connectivity index (χ0) is 23.2. The summed E-state index contributed by atoms with van der Waals surface area (Å²) in [6, 6.07) is 16.8. The number of esters is 1. The van der Waals surface area contributed by atoms with E-state index in [1.807, 2.05) is 6.07 Å². The lowest BCUT2D eigenvalue weighted by molar-refractivity contribution is -0.130. The van der Waals surface area contributed by atoms with Crippen LogP contribution in [0.4, 0.5) is 4.39 Å². The first kappa shape index (κ1) is 21.8. The molecule has 1 heterocycles. The van der Waals surface area contributed by atoms with Crippen molar-refractivity contribution in [3.05, 3.63) is 83.7 Å². The third-order valence-corrected chi connectivity index (χ3v) is 4.66. The number of nitrogens with zero attached hydrogens (tertiary/aromatic N) is 1. The molecule has 0 saturated carbocycles. The van der Waals surface area contributed by atoms with Crippen molar-refractivity contribution in [2.45, 2.75) is 6.10 Å². The van der Waals surface area contributed by atoms with Gasteiger partial charge < -0.3 is 18.9 Å². The van der Waals surface area contributed by atoms with Crippen LogP contribution in [-0.2, 0) is 4.79 Å². The summed E-state index contributed by atoms with van der Waals surface area (Å²) in [5, 5.41) is 3.94. The van der Waals surface area contributed by atoms with Crippen LogP contribution in [0.15, 0.2) is 71.8 Å². The Labute approximate surface area is 188 Å². The average Bonchev–Trinajstić information content (AvgIpc) is 2.84. The fraction of sp³-hybridized carbons (Fsp3) is 0.125. The molecule has 0 radical (unpaired) electrons. The number of halogens is 1. The first-order valence-electron chi connectivity index (χ1n) is 9.90. The minimum atomic E-state index is -0.833. The summed E-state index contributed by atoms with van der Waals surface area (Å²) >= 11 is 0. The van der Waals surface area contributed by atoms with E-state index in [1.54, 1.807) is 30.3 Å². The molecule has 0 unspecified atom stereocenters. The molecule has 0 aliphatic carbocycles. The van der Waals surface area contributed by atoms with Crippen LogP contribution < -0.4 is 24.4 Å². The van der Waals surface area contributed by atoms with Crippen LogP contribution in [0, 0.1) is 5.82 Å². The summed E-state index contributed by atoms with van der Waals surface area (Å²) in [4.78, 5) is 24.6. The monoisotopic (exact) mass is 450 g/mol. The zero-order valence-electron chi connectivity index (χ0n) is 17.5. The summed E-state index contributed by atoms with van der Waals surface area (Å²) < 4.78 is 34.8. The second-order valence-electron chi connectivity index (χ2n) is 6.91. The van der Waals surface area contributed by atoms with E-state index in [2.05, 4.69) is 10.5 Å². The molecule has 0 spiro atoms. The molecule has 1 atom stereocenters. The number of hydrogen-bond donors (Lipinski definition) is 1. The third-order valence-electron chi connectivity index (χ3n) is 4.66. The van der Waals surface area contributed by atoms with Gasteiger partial charge in [0, 0.05) is 0 Å². The summed E-state index contributed by atoms with van der Waals surface area (Å²) in [6.45, 7) is 0.0698. The number of rotatable bonds is 6. The molecule has 1 aliphatic heterocycles. The normalized spacial score (nSPS) is 14.5. The third kappa shape index (κ3) is 5.27. The van der Waals surface area contributed by atoms with E-state index in [0.717, 1.165) is 0 Å². The van der Waals surface area contributed by atoms with Crippen LogP contribution in [-0.4, -0.2) is 37.9 Å². The predicted octanol–water partition coefficient (Wildman–Crippen LogP) is 3.34. The molecule has 168 valence electrons. The summed E-state index contributed by atoms with van der Waals surface area (Å²) in [5.41, 5.74) is 3.19. The molecule has 1 N–H and O–H groups in total. The van der Waals surface area contributed by atoms with Crippen molar-refractivity contribution in [3.63, 3.8) is 0 Å². The minimum Gasteiger partial charge on any atom is -0.493 e. The maximum atomic E-state index is 13.0. The number of carbonyl (C=O) groups is 2. The highest BCUT2D eigenvalue weighted by Gasteiger charge is 2.27. The SMILES string of the molecule is COc1cc(/C=N\NC(=O)[C@H]2COc3ccccc3O2)ccc1OC(=O)c1ccc(F)cc1. The van der Waals surface area contributed by atoms with Gasteiger partial charge in [0.2, 0.25) is 6.10 Å². The summed E-state index contributed by atoms with van der Waals surface area (Å²) in [5.74, 6) is -0.0374. The minimum absolute atomic E-state index is 0.0698. The van der Waals surface area contributed by atoms with Gasteiger partial charge in [-0.2, -0.15) is 5.10 Å². The van der Waals surface area contributed by atoms with Crippen LogP contribution in [0.2, 0.25) is 0 Å². The Morgan fingerprint density at radius 1 is 1.06 bits per heavy atom. The molecule has 3 aromatic rings. The lowest BCUT2D eigenvalue weighted by Crippen LogP contribution is -2.42. The number of ether oxygens (including phenoxy) is 4. The van der Waals surface area contributed by atoms with E-state index >= 15 is 0 Å². The zero-order valence-corrected chi connectivity index (χ0v) is 17.5. The fourth-order valence-corrected chi connectivity index (χ4v) is 2.98. The van der Waals surface area contributed by atoms with Crippen LogP contribution in [0.5, 0.6) is 23.0 Å². The Hall–Kier alpha value is -4.40. The van der Waals surface area contributed by atoms with E-state index in [-0.39, 0.29) is 23.7 Å². The van der Waals surface area contributed by atoms with Crippen molar-refractivity contribution in [1.82, 2.24) is 5.43 Å². The van der Waals surface area contributed by atoms with Gasteiger partial charge in [0.25, 0.3) is 5.91 Å². The molecule has 0 aromatic heterocycles. The van der Waals surface area contributed by atoms with Crippen molar-refractivity contribution in [3.8, 4) is 23.0 Å². The molecule has 3 aromatic carbocycles. The van der Waals surface area contributed by atoms with Crippen molar-refractivity contribution in [2.24, 2.45) is 5.10 Å².